The number of aromatic nitrogens is 1. The van der Waals surface area contributed by atoms with Gasteiger partial charge < -0.3 is 19.4 Å². The smallest absolute Gasteiger partial charge is 0.257 e. The van der Waals surface area contributed by atoms with Crippen LogP contribution in [0.3, 0.4) is 0 Å². The highest BCUT2D eigenvalue weighted by atomic mass is 16.5. The first kappa shape index (κ1) is 15.2. The van der Waals surface area contributed by atoms with Crippen LogP contribution in [0.25, 0.3) is 0 Å². The van der Waals surface area contributed by atoms with E-state index in [-0.39, 0.29) is 17.6 Å². The molecule has 0 aliphatic carbocycles. The zero-order chi connectivity index (χ0) is 16.6. The van der Waals surface area contributed by atoms with Crippen molar-refractivity contribution in [3.8, 4) is 0 Å². The highest BCUT2D eigenvalue weighted by Gasteiger charge is 2.47. The topological polar surface area (TPSA) is 67.6 Å². The number of ether oxygens (including phenoxy) is 1. The summed E-state index contributed by atoms with van der Waals surface area (Å²) in [7, 11) is 0. The first-order valence-electron chi connectivity index (χ1n) is 8.30. The predicted molar refractivity (Wildman–Crippen MR) is 88.9 cm³/mol. The number of amides is 1. The standard InChI is InChI=1S/C18H21N3O3/c1-13-15(5-9-23-13)17(22)21-8-6-18(12-21)10-14(11-24-18)20-16-4-2-3-7-19-16/h2-5,7,9,14H,6,8,10-12H2,1H3,(H,19,20)/t14-,18-/m0/s1. The van der Waals surface area contributed by atoms with Crippen molar-refractivity contribution in [3.63, 3.8) is 0 Å². The average molecular weight is 327 g/mol. The molecule has 0 unspecified atom stereocenters. The second-order valence-corrected chi connectivity index (χ2v) is 6.62. The second kappa shape index (κ2) is 5.94. The largest absolute Gasteiger partial charge is 0.469 e. The lowest BCUT2D eigenvalue weighted by Crippen LogP contribution is -2.36. The molecule has 0 bridgehead atoms. The fourth-order valence-electron chi connectivity index (χ4n) is 3.67. The molecule has 2 saturated heterocycles. The van der Waals surface area contributed by atoms with Gasteiger partial charge in [0.1, 0.15) is 11.6 Å². The molecule has 2 fully saturated rings. The number of pyridine rings is 1. The molecule has 6 nitrogen and oxygen atoms in total. The minimum Gasteiger partial charge on any atom is -0.469 e. The zero-order valence-electron chi connectivity index (χ0n) is 13.7. The molecule has 0 saturated carbocycles. The molecule has 6 heteroatoms. The highest BCUT2D eigenvalue weighted by molar-refractivity contribution is 5.95. The number of hydrogen-bond donors (Lipinski definition) is 1. The molecular formula is C18H21N3O3. The molecule has 4 heterocycles. The van der Waals surface area contributed by atoms with Crippen LogP contribution in [-0.4, -0.2) is 47.1 Å². The summed E-state index contributed by atoms with van der Waals surface area (Å²) in [6.45, 7) is 3.82. The van der Waals surface area contributed by atoms with Crippen LogP contribution in [0.15, 0.2) is 41.1 Å². The molecule has 4 rings (SSSR count). The number of nitrogens with one attached hydrogen (secondary N) is 1. The summed E-state index contributed by atoms with van der Waals surface area (Å²) in [4.78, 5) is 18.8. The second-order valence-electron chi connectivity index (χ2n) is 6.62. The Morgan fingerprint density at radius 1 is 1.42 bits per heavy atom. The third-order valence-corrected chi connectivity index (χ3v) is 4.92. The summed E-state index contributed by atoms with van der Waals surface area (Å²) in [5, 5.41) is 3.42. The summed E-state index contributed by atoms with van der Waals surface area (Å²) in [6.07, 6.45) is 5.10. The molecule has 1 amide bonds. The number of nitrogens with zero attached hydrogens (tertiary/aromatic N) is 2. The number of anilines is 1. The fraction of sp³-hybridized carbons (Fsp3) is 0.444. The van der Waals surface area contributed by atoms with Gasteiger partial charge in [-0.2, -0.15) is 0 Å². The number of hydrogen-bond acceptors (Lipinski definition) is 5. The minimum atomic E-state index is -0.236. The maximum atomic E-state index is 12.6. The predicted octanol–water partition coefficient (Wildman–Crippen LogP) is 2.47. The van der Waals surface area contributed by atoms with E-state index in [9.17, 15) is 4.79 Å². The third-order valence-electron chi connectivity index (χ3n) is 4.92. The molecule has 2 aromatic heterocycles. The quantitative estimate of drug-likeness (QED) is 0.938. The normalized spacial score (nSPS) is 26.2. The SMILES string of the molecule is Cc1occc1C(=O)N1CC[C@]2(C[C@H](Nc3ccccn3)CO2)C1. The summed E-state index contributed by atoms with van der Waals surface area (Å²) in [5.41, 5.74) is 0.410. The number of furan rings is 1. The Kier molecular flexibility index (Phi) is 3.76. The van der Waals surface area contributed by atoms with Crippen LogP contribution in [0.5, 0.6) is 0 Å². The van der Waals surface area contributed by atoms with E-state index in [1.54, 1.807) is 18.5 Å². The van der Waals surface area contributed by atoms with Crippen molar-refractivity contribution in [2.45, 2.75) is 31.4 Å². The van der Waals surface area contributed by atoms with Crippen LogP contribution in [0.4, 0.5) is 5.82 Å². The van der Waals surface area contributed by atoms with Gasteiger partial charge in [0, 0.05) is 19.2 Å². The van der Waals surface area contributed by atoms with Gasteiger partial charge in [-0.1, -0.05) is 6.07 Å². The fourth-order valence-corrected chi connectivity index (χ4v) is 3.67. The molecule has 2 aromatic rings. The molecular weight excluding hydrogens is 306 g/mol. The number of rotatable bonds is 3. The van der Waals surface area contributed by atoms with E-state index in [4.69, 9.17) is 9.15 Å². The number of likely N-dealkylation sites (tertiary alicyclic amines) is 1. The van der Waals surface area contributed by atoms with Crippen molar-refractivity contribution >= 4 is 11.7 Å². The van der Waals surface area contributed by atoms with E-state index in [1.165, 1.54) is 0 Å². The van der Waals surface area contributed by atoms with Crippen molar-refractivity contribution in [1.82, 2.24) is 9.88 Å². The molecule has 126 valence electrons. The van der Waals surface area contributed by atoms with Gasteiger partial charge in [-0.3, -0.25) is 4.79 Å². The Balaban J connectivity index is 1.40. The van der Waals surface area contributed by atoms with Crippen LogP contribution < -0.4 is 5.32 Å². The van der Waals surface area contributed by atoms with Gasteiger partial charge in [-0.05, 0) is 31.5 Å². The van der Waals surface area contributed by atoms with Gasteiger partial charge in [0.2, 0.25) is 0 Å². The lowest BCUT2D eigenvalue weighted by atomic mass is 9.97. The van der Waals surface area contributed by atoms with Crippen LogP contribution in [-0.2, 0) is 4.74 Å². The summed E-state index contributed by atoms with van der Waals surface area (Å²) in [6, 6.07) is 7.78. The van der Waals surface area contributed by atoms with Crippen LogP contribution in [0.2, 0.25) is 0 Å². The number of carbonyl (C=O) groups excluding carboxylic acids is 1. The van der Waals surface area contributed by atoms with Gasteiger partial charge in [0.25, 0.3) is 5.91 Å². The molecule has 24 heavy (non-hydrogen) atoms. The Bertz CT molecular complexity index is 730. The molecule has 1 spiro atoms. The van der Waals surface area contributed by atoms with Crippen molar-refractivity contribution < 1.29 is 13.9 Å². The highest BCUT2D eigenvalue weighted by Crippen LogP contribution is 2.36. The Hall–Kier alpha value is -2.34. The first-order chi connectivity index (χ1) is 11.7. The monoisotopic (exact) mass is 327 g/mol. The van der Waals surface area contributed by atoms with Gasteiger partial charge >= 0.3 is 0 Å². The zero-order valence-corrected chi connectivity index (χ0v) is 13.7. The van der Waals surface area contributed by atoms with Crippen molar-refractivity contribution in [1.29, 1.82) is 0 Å². The van der Waals surface area contributed by atoms with Gasteiger partial charge in [0.05, 0.1) is 36.6 Å². The molecule has 2 atom stereocenters. The summed E-state index contributed by atoms with van der Waals surface area (Å²) >= 11 is 0. The Labute approximate surface area is 140 Å². The molecule has 2 aliphatic rings. The average Bonchev–Trinajstić information content (AvgIpc) is 3.30. The number of aryl methyl sites for hydroxylation is 1. The molecule has 0 radical (unpaired) electrons. The van der Waals surface area contributed by atoms with Crippen molar-refractivity contribution in [2.75, 3.05) is 25.0 Å². The Morgan fingerprint density at radius 3 is 3.08 bits per heavy atom. The van der Waals surface area contributed by atoms with E-state index in [0.29, 0.717) is 24.5 Å². The lowest BCUT2D eigenvalue weighted by Gasteiger charge is -2.23. The van der Waals surface area contributed by atoms with E-state index in [0.717, 1.165) is 25.2 Å². The van der Waals surface area contributed by atoms with Gasteiger partial charge in [0.15, 0.2) is 0 Å². The van der Waals surface area contributed by atoms with E-state index >= 15 is 0 Å². The number of carbonyl (C=O) groups is 1. The summed E-state index contributed by atoms with van der Waals surface area (Å²) in [5.74, 6) is 1.56. The van der Waals surface area contributed by atoms with Crippen molar-refractivity contribution in [3.05, 3.63) is 48.0 Å². The van der Waals surface area contributed by atoms with Crippen molar-refractivity contribution in [2.24, 2.45) is 0 Å². The lowest BCUT2D eigenvalue weighted by molar-refractivity contribution is 0.0124. The molecule has 2 aliphatic heterocycles. The minimum absolute atomic E-state index is 0.0304. The third kappa shape index (κ3) is 2.78. The van der Waals surface area contributed by atoms with E-state index < -0.39 is 0 Å². The van der Waals surface area contributed by atoms with Crippen LogP contribution in [0, 0.1) is 6.92 Å². The first-order valence-corrected chi connectivity index (χ1v) is 8.30. The van der Waals surface area contributed by atoms with E-state index in [1.807, 2.05) is 30.0 Å². The van der Waals surface area contributed by atoms with Gasteiger partial charge in [-0.15, -0.1) is 0 Å². The van der Waals surface area contributed by atoms with Crippen LogP contribution in [0.1, 0.15) is 29.0 Å². The van der Waals surface area contributed by atoms with E-state index in [2.05, 4.69) is 10.3 Å². The maximum absolute atomic E-state index is 12.6. The Morgan fingerprint density at radius 2 is 2.33 bits per heavy atom. The maximum Gasteiger partial charge on any atom is 0.257 e. The summed E-state index contributed by atoms with van der Waals surface area (Å²) < 4.78 is 11.4. The van der Waals surface area contributed by atoms with Crippen LogP contribution >= 0.6 is 0 Å². The molecule has 0 aromatic carbocycles. The molecule has 1 N–H and O–H groups in total. The van der Waals surface area contributed by atoms with Gasteiger partial charge in [-0.25, -0.2) is 4.98 Å².